The summed E-state index contributed by atoms with van der Waals surface area (Å²) in [5.41, 5.74) is 4.28. The van der Waals surface area contributed by atoms with Gasteiger partial charge in [0, 0.05) is 17.9 Å². The molecule has 1 amide bonds. The molecule has 1 aromatic carbocycles. The zero-order chi connectivity index (χ0) is 25.1. The third-order valence-electron chi connectivity index (χ3n) is 7.48. The number of likely N-dealkylation sites (N-methyl/N-ethyl adjacent to an activating group) is 1. The van der Waals surface area contributed by atoms with Crippen molar-refractivity contribution in [2.75, 3.05) is 14.1 Å². The van der Waals surface area contributed by atoms with Gasteiger partial charge in [-0.1, -0.05) is 11.8 Å². The lowest BCUT2D eigenvalue weighted by atomic mass is 9.52. The zero-order valence-electron chi connectivity index (χ0n) is 19.2. The first-order chi connectivity index (χ1) is 15.9. The topological polar surface area (TPSA) is 158 Å². The van der Waals surface area contributed by atoms with Gasteiger partial charge in [-0.15, -0.1) is 0 Å². The molecule has 3 aliphatic rings. The molecule has 0 saturated heterocycles. The molecule has 2 saturated carbocycles. The van der Waals surface area contributed by atoms with E-state index in [0.717, 1.165) is 0 Å². The van der Waals surface area contributed by atoms with Crippen LogP contribution in [0, 0.1) is 35.5 Å². The van der Waals surface area contributed by atoms with E-state index in [1.165, 1.54) is 13.0 Å². The molecular weight excluding hydrogens is 440 g/mol. The number of Topliss-reactive ketones (excluding diaryl/α,β-unsaturated/α-hetero) is 3. The van der Waals surface area contributed by atoms with Crippen molar-refractivity contribution in [1.82, 2.24) is 4.90 Å². The van der Waals surface area contributed by atoms with Crippen LogP contribution in [0.1, 0.15) is 41.3 Å². The number of fused-ring (bicyclic) bond motifs is 3. The minimum atomic E-state index is -2.07. The van der Waals surface area contributed by atoms with Crippen LogP contribution in [0.4, 0.5) is 0 Å². The third kappa shape index (κ3) is 3.54. The number of carbonyl (C=O) groups excluding carboxylic acids is 4. The molecule has 7 atom stereocenters. The van der Waals surface area contributed by atoms with Gasteiger partial charge in [-0.3, -0.25) is 24.1 Å². The smallest absolute Gasteiger partial charge is 0.228 e. The predicted octanol–water partition coefficient (Wildman–Crippen LogP) is -0.580. The number of amides is 1. The monoisotopic (exact) mass is 468 g/mol. The van der Waals surface area contributed by atoms with E-state index in [1.54, 1.807) is 25.1 Å². The molecule has 1 aromatic rings. The number of hydrogen-bond donors (Lipinski definition) is 4. The van der Waals surface area contributed by atoms with E-state index in [9.17, 15) is 34.5 Å². The van der Waals surface area contributed by atoms with Crippen LogP contribution < -0.4 is 5.73 Å². The molecule has 4 rings (SSSR count). The second kappa shape index (κ2) is 8.31. The zero-order valence-corrected chi connectivity index (χ0v) is 19.2. The number of aromatic hydroxyl groups is 1. The molecule has 9 nitrogen and oxygen atoms in total. The molecule has 0 radical (unpaired) electrons. The molecule has 0 aliphatic heterocycles. The first-order valence-corrected chi connectivity index (χ1v) is 11.2. The molecule has 3 aliphatic carbocycles. The summed E-state index contributed by atoms with van der Waals surface area (Å²) in [4.78, 5) is 53.9. The number of hydrogen-bond acceptors (Lipinski definition) is 8. The van der Waals surface area contributed by atoms with Crippen molar-refractivity contribution in [3.05, 3.63) is 28.8 Å². The van der Waals surface area contributed by atoms with Crippen LogP contribution >= 0.6 is 0 Å². The Morgan fingerprint density at radius 1 is 1.26 bits per heavy atom. The predicted molar refractivity (Wildman–Crippen MR) is 120 cm³/mol. The number of nitrogens with two attached hydrogens (primary N) is 1. The van der Waals surface area contributed by atoms with E-state index < -0.39 is 71.1 Å². The van der Waals surface area contributed by atoms with Crippen molar-refractivity contribution in [1.29, 1.82) is 0 Å². The first kappa shape index (κ1) is 24.1. The highest BCUT2D eigenvalue weighted by Crippen LogP contribution is 2.51. The van der Waals surface area contributed by atoms with E-state index >= 15 is 0 Å². The Hall–Kier alpha value is -3.06. The fourth-order valence-corrected chi connectivity index (χ4v) is 6.01. The largest absolute Gasteiger partial charge is 0.507 e. The van der Waals surface area contributed by atoms with Gasteiger partial charge in [0.1, 0.15) is 23.4 Å². The molecule has 7 unspecified atom stereocenters. The minimum Gasteiger partial charge on any atom is -0.507 e. The van der Waals surface area contributed by atoms with Crippen LogP contribution in [-0.4, -0.2) is 75.3 Å². The van der Waals surface area contributed by atoms with Gasteiger partial charge < -0.3 is 21.1 Å². The number of aliphatic hydroxyl groups is 2. The fraction of sp³-hybridized carbons (Fsp3) is 0.520. The van der Waals surface area contributed by atoms with E-state index in [0.29, 0.717) is 11.1 Å². The molecule has 0 heterocycles. The van der Waals surface area contributed by atoms with Gasteiger partial charge in [-0.2, -0.15) is 0 Å². The molecular formula is C25H28N2O7. The summed E-state index contributed by atoms with van der Waals surface area (Å²) in [5, 5.41) is 31.6. The molecule has 180 valence electrons. The number of rotatable bonds is 2. The van der Waals surface area contributed by atoms with Gasteiger partial charge in [-0.05, 0) is 57.5 Å². The molecule has 34 heavy (non-hydrogen) atoms. The van der Waals surface area contributed by atoms with E-state index in [1.807, 2.05) is 0 Å². The Bertz CT molecular complexity index is 1160. The summed E-state index contributed by atoms with van der Waals surface area (Å²) in [6, 6.07) is 1.96. The summed E-state index contributed by atoms with van der Waals surface area (Å²) in [7, 11) is 3.26. The average molecular weight is 469 g/mol. The van der Waals surface area contributed by atoms with Crippen molar-refractivity contribution in [2.45, 2.75) is 43.9 Å². The number of primary amides is 1. The third-order valence-corrected chi connectivity index (χ3v) is 7.48. The Morgan fingerprint density at radius 2 is 1.94 bits per heavy atom. The second-order valence-electron chi connectivity index (χ2n) is 9.84. The fourth-order valence-electron chi connectivity index (χ4n) is 6.01. The van der Waals surface area contributed by atoms with Gasteiger partial charge in [0.15, 0.2) is 17.3 Å². The quantitative estimate of drug-likeness (QED) is 0.332. The SMILES string of the molecule is CC(O)C#Cc1ccc(O)c2c1CC1CC3C(N(C)C)C(=O)C(C(N)=O)CC3(O)C(=O)C1C2=O. The number of phenolic OH excluding ortho intramolecular Hbond substituents is 1. The average Bonchev–Trinajstić information content (AvgIpc) is 2.74. The maximum atomic E-state index is 13.7. The van der Waals surface area contributed by atoms with Crippen molar-refractivity contribution >= 4 is 23.3 Å². The highest BCUT2D eigenvalue weighted by Gasteiger charge is 2.64. The Morgan fingerprint density at radius 3 is 2.53 bits per heavy atom. The Balaban J connectivity index is 1.83. The van der Waals surface area contributed by atoms with Crippen molar-refractivity contribution in [3.8, 4) is 17.6 Å². The molecule has 9 heteroatoms. The summed E-state index contributed by atoms with van der Waals surface area (Å²) in [5.74, 6) is -1.44. The number of aliphatic hydroxyl groups excluding tert-OH is 1. The lowest BCUT2D eigenvalue weighted by Gasteiger charge is -2.53. The van der Waals surface area contributed by atoms with Crippen molar-refractivity contribution in [3.63, 3.8) is 0 Å². The summed E-state index contributed by atoms with van der Waals surface area (Å²) < 4.78 is 0. The van der Waals surface area contributed by atoms with Crippen LogP contribution in [0.25, 0.3) is 0 Å². The first-order valence-electron chi connectivity index (χ1n) is 11.2. The van der Waals surface area contributed by atoms with Crippen LogP contribution in [0.5, 0.6) is 5.75 Å². The highest BCUT2D eigenvalue weighted by atomic mass is 16.3. The van der Waals surface area contributed by atoms with Gasteiger partial charge in [-0.25, -0.2) is 0 Å². The molecule has 5 N–H and O–H groups in total. The summed E-state index contributed by atoms with van der Waals surface area (Å²) >= 11 is 0. The Kier molecular flexibility index (Phi) is 5.88. The standard InChI is InChI=1S/C25H28N2O7/c1-11(28)4-5-12-6-7-17(29)19-14(12)8-13-9-16-20(27(2)3)21(30)15(24(26)33)10-25(16,34)23(32)18(13)22(19)31/h6-7,11,13,15-16,18,20,28-29,34H,8-10H2,1-3H3,(H2,26,33). The van der Waals surface area contributed by atoms with Gasteiger partial charge in [0.05, 0.1) is 17.5 Å². The van der Waals surface area contributed by atoms with Crippen LogP contribution in [-0.2, 0) is 20.8 Å². The number of ketones is 3. The van der Waals surface area contributed by atoms with E-state index in [4.69, 9.17) is 5.73 Å². The number of carbonyl (C=O) groups is 4. The molecule has 0 bridgehead atoms. The van der Waals surface area contributed by atoms with Crippen LogP contribution in [0.15, 0.2) is 12.1 Å². The van der Waals surface area contributed by atoms with Crippen LogP contribution in [0.2, 0.25) is 0 Å². The molecule has 0 spiro atoms. The van der Waals surface area contributed by atoms with E-state index in [2.05, 4.69) is 11.8 Å². The lowest BCUT2D eigenvalue weighted by molar-refractivity contribution is -0.176. The van der Waals surface area contributed by atoms with Gasteiger partial charge in [0.2, 0.25) is 5.91 Å². The lowest BCUT2D eigenvalue weighted by Crippen LogP contribution is -2.69. The highest BCUT2D eigenvalue weighted by molar-refractivity contribution is 6.17. The van der Waals surface area contributed by atoms with Crippen molar-refractivity contribution in [2.24, 2.45) is 29.4 Å². The maximum absolute atomic E-state index is 13.7. The number of phenols is 1. The minimum absolute atomic E-state index is 0.0171. The number of nitrogens with zero attached hydrogens (tertiary/aromatic N) is 1. The van der Waals surface area contributed by atoms with Gasteiger partial charge >= 0.3 is 0 Å². The van der Waals surface area contributed by atoms with Crippen LogP contribution in [0.3, 0.4) is 0 Å². The summed E-state index contributed by atoms with van der Waals surface area (Å²) in [6.07, 6.45) is -0.924. The van der Waals surface area contributed by atoms with E-state index in [-0.39, 0.29) is 24.2 Å². The maximum Gasteiger partial charge on any atom is 0.228 e. The number of benzene rings is 1. The molecule has 2 fully saturated rings. The second-order valence-corrected chi connectivity index (χ2v) is 9.84. The Labute approximate surface area is 196 Å². The summed E-state index contributed by atoms with van der Waals surface area (Å²) in [6.45, 7) is 1.50. The molecule has 0 aromatic heterocycles. The van der Waals surface area contributed by atoms with Crippen molar-refractivity contribution < 1.29 is 34.5 Å². The van der Waals surface area contributed by atoms with Gasteiger partial charge in [0.25, 0.3) is 0 Å². The normalized spacial score (nSPS) is 33.4.